The van der Waals surface area contributed by atoms with Gasteiger partial charge in [0.25, 0.3) is 0 Å². The second kappa shape index (κ2) is 14.8. The van der Waals surface area contributed by atoms with E-state index in [0.717, 1.165) is 52.8 Å². The van der Waals surface area contributed by atoms with Crippen LogP contribution in [0.15, 0.2) is 67.0 Å². The van der Waals surface area contributed by atoms with E-state index in [1.54, 1.807) is 20.4 Å². The zero-order chi connectivity index (χ0) is 32.9. The first-order valence-electron chi connectivity index (χ1n) is 15.6. The van der Waals surface area contributed by atoms with Crippen LogP contribution >= 0.6 is 23.2 Å². The van der Waals surface area contributed by atoms with E-state index < -0.39 is 0 Å². The maximum absolute atomic E-state index is 11.5. The van der Waals surface area contributed by atoms with Crippen LogP contribution in [0.1, 0.15) is 24.0 Å². The highest BCUT2D eigenvalue weighted by Crippen LogP contribution is 2.42. The van der Waals surface area contributed by atoms with E-state index in [-0.39, 0.29) is 11.9 Å². The Morgan fingerprint density at radius 2 is 1.79 bits per heavy atom. The highest BCUT2D eigenvalue weighted by molar-refractivity contribution is 6.39. The summed E-state index contributed by atoms with van der Waals surface area (Å²) in [6, 6.07) is 18.1. The molecule has 1 aliphatic rings. The number of ether oxygens (including phenoxy) is 2. The number of fused-ring (bicyclic) bond motifs is 1. The topological polar surface area (TPSA) is 102 Å². The van der Waals surface area contributed by atoms with Gasteiger partial charge in [-0.15, -0.1) is 0 Å². The molecule has 1 fully saturated rings. The number of aryl methyl sites for hydroxylation is 1. The van der Waals surface area contributed by atoms with E-state index >= 15 is 0 Å². The number of halogens is 2. The van der Waals surface area contributed by atoms with Gasteiger partial charge in [-0.3, -0.25) is 9.78 Å². The quantitative estimate of drug-likeness (QED) is 0.125. The lowest BCUT2D eigenvalue weighted by Crippen LogP contribution is -2.35. The highest BCUT2D eigenvalue weighted by Gasteiger charge is 2.21. The van der Waals surface area contributed by atoms with Crippen molar-refractivity contribution < 1.29 is 14.3 Å². The molecule has 1 amide bonds. The van der Waals surface area contributed by atoms with Crippen LogP contribution in [0, 0.1) is 0 Å². The molecule has 3 aromatic heterocycles. The van der Waals surface area contributed by atoms with Crippen molar-refractivity contribution in [2.75, 3.05) is 33.9 Å². The molecule has 6 rings (SSSR count). The predicted molar refractivity (Wildman–Crippen MR) is 188 cm³/mol. The fourth-order valence-electron chi connectivity index (χ4n) is 6.09. The Bertz CT molecular complexity index is 1910. The van der Waals surface area contributed by atoms with Gasteiger partial charge in [0.15, 0.2) is 0 Å². The highest BCUT2D eigenvalue weighted by atomic mass is 35.5. The van der Waals surface area contributed by atoms with Crippen molar-refractivity contribution >= 4 is 40.0 Å². The Hall–Kier alpha value is -3.99. The average molecular weight is 674 g/mol. The van der Waals surface area contributed by atoms with Crippen LogP contribution in [0.25, 0.3) is 44.5 Å². The van der Waals surface area contributed by atoms with Crippen LogP contribution in [0.5, 0.6) is 5.88 Å². The zero-order valence-corrected chi connectivity index (χ0v) is 28.2. The Morgan fingerprint density at radius 3 is 2.57 bits per heavy atom. The summed E-state index contributed by atoms with van der Waals surface area (Å²) in [7, 11) is 5.36. The largest absolute Gasteiger partial charge is 0.481 e. The standard InChI is InChI=1S/C36H38Cl2N6O3/c1-44-21-24(19-39-15-16-46-2)26-10-7-22(17-31(26)44)35-34(38)28(13-14-41-35)27-5-4-6-29(33(27)37)30-11-8-23(36(43-30)47-3)18-40-20-25-9-12-32(45)42-25/h4-8,10-11,13-14,17,21,25,39-40H,9,12,15-16,18-20H2,1-3H3,(H,42,45)/t25-/m1/s1. The van der Waals surface area contributed by atoms with E-state index in [1.807, 2.05) is 43.4 Å². The summed E-state index contributed by atoms with van der Waals surface area (Å²) in [6.07, 6.45) is 5.33. The minimum atomic E-state index is 0.106. The molecule has 11 heteroatoms. The van der Waals surface area contributed by atoms with Crippen molar-refractivity contribution in [3.05, 3.63) is 88.2 Å². The molecule has 2 aromatic carbocycles. The monoisotopic (exact) mass is 672 g/mol. The fourth-order valence-corrected chi connectivity index (χ4v) is 6.73. The van der Waals surface area contributed by atoms with Gasteiger partial charge >= 0.3 is 0 Å². The third kappa shape index (κ3) is 7.15. The van der Waals surface area contributed by atoms with Crippen LogP contribution in [-0.4, -0.2) is 60.4 Å². The molecule has 0 saturated carbocycles. The zero-order valence-electron chi connectivity index (χ0n) is 26.7. The van der Waals surface area contributed by atoms with Crippen LogP contribution in [0.2, 0.25) is 10.0 Å². The summed E-state index contributed by atoms with van der Waals surface area (Å²) in [5.74, 6) is 0.621. The number of nitrogens with zero attached hydrogens (tertiary/aromatic N) is 3. The summed E-state index contributed by atoms with van der Waals surface area (Å²) in [6.45, 7) is 3.46. The Kier molecular flexibility index (Phi) is 10.4. The number of benzene rings is 2. The maximum atomic E-state index is 11.5. The molecule has 0 aliphatic carbocycles. The summed E-state index contributed by atoms with van der Waals surface area (Å²) in [5.41, 5.74) is 7.85. The van der Waals surface area contributed by atoms with Crippen molar-refractivity contribution in [1.82, 2.24) is 30.5 Å². The molecule has 0 unspecified atom stereocenters. The minimum Gasteiger partial charge on any atom is -0.481 e. The van der Waals surface area contributed by atoms with Crippen LogP contribution < -0.4 is 20.7 Å². The van der Waals surface area contributed by atoms with Gasteiger partial charge in [0.05, 0.1) is 35.1 Å². The van der Waals surface area contributed by atoms with E-state index in [2.05, 4.69) is 49.9 Å². The number of carbonyl (C=O) groups is 1. The fraction of sp³-hybridized carbons (Fsp3) is 0.306. The van der Waals surface area contributed by atoms with Crippen LogP contribution in [0.3, 0.4) is 0 Å². The number of nitrogens with one attached hydrogen (secondary N) is 3. The first kappa shape index (κ1) is 32.9. The molecule has 4 heterocycles. The lowest BCUT2D eigenvalue weighted by atomic mass is 9.99. The molecule has 0 radical (unpaired) electrons. The molecular weight excluding hydrogens is 635 g/mol. The number of hydrogen-bond donors (Lipinski definition) is 3. The number of hydrogen-bond acceptors (Lipinski definition) is 7. The molecule has 1 aliphatic heterocycles. The van der Waals surface area contributed by atoms with E-state index in [4.69, 9.17) is 37.7 Å². The van der Waals surface area contributed by atoms with E-state index in [9.17, 15) is 4.79 Å². The smallest absolute Gasteiger partial charge is 0.220 e. The number of aromatic nitrogens is 3. The molecule has 1 saturated heterocycles. The average Bonchev–Trinajstić information content (AvgIpc) is 3.64. The first-order valence-corrected chi connectivity index (χ1v) is 16.4. The Morgan fingerprint density at radius 1 is 0.979 bits per heavy atom. The number of rotatable bonds is 13. The van der Waals surface area contributed by atoms with Crippen molar-refractivity contribution in [2.45, 2.75) is 32.0 Å². The number of pyridine rings is 2. The molecule has 9 nitrogen and oxygen atoms in total. The SMILES string of the molecule is COCCNCc1cn(C)c2cc(-c3nccc(-c4cccc(-c5ccc(CNC[C@H]6CCC(=O)N6)c(OC)n5)c4Cl)c3Cl)ccc12. The van der Waals surface area contributed by atoms with Gasteiger partial charge in [0.1, 0.15) is 0 Å². The number of amides is 1. The van der Waals surface area contributed by atoms with Crippen molar-refractivity contribution in [3.63, 3.8) is 0 Å². The lowest BCUT2D eigenvalue weighted by molar-refractivity contribution is -0.119. The molecule has 0 spiro atoms. The summed E-state index contributed by atoms with van der Waals surface area (Å²) in [5, 5.41) is 12.0. The molecule has 244 valence electrons. The van der Waals surface area contributed by atoms with Gasteiger partial charge in [0.2, 0.25) is 11.8 Å². The van der Waals surface area contributed by atoms with Gasteiger partial charge in [-0.25, -0.2) is 4.98 Å². The second-order valence-corrected chi connectivity index (χ2v) is 12.4. The van der Waals surface area contributed by atoms with Crippen molar-refractivity contribution in [2.24, 2.45) is 7.05 Å². The van der Waals surface area contributed by atoms with Gasteiger partial charge in [-0.2, -0.15) is 0 Å². The third-order valence-corrected chi connectivity index (χ3v) is 9.31. The summed E-state index contributed by atoms with van der Waals surface area (Å²) < 4.78 is 12.9. The molecule has 3 N–H and O–H groups in total. The van der Waals surface area contributed by atoms with Gasteiger partial charge in [0, 0.05) is 104 Å². The van der Waals surface area contributed by atoms with Gasteiger partial charge in [-0.1, -0.05) is 59.6 Å². The van der Waals surface area contributed by atoms with Crippen molar-refractivity contribution in [1.29, 1.82) is 0 Å². The van der Waals surface area contributed by atoms with Gasteiger partial charge < -0.3 is 30.0 Å². The summed E-state index contributed by atoms with van der Waals surface area (Å²) >= 11 is 14.2. The number of methoxy groups -OCH3 is 2. The third-order valence-electron chi connectivity index (χ3n) is 8.52. The normalized spacial score (nSPS) is 14.6. The van der Waals surface area contributed by atoms with Gasteiger partial charge in [-0.05, 0) is 30.2 Å². The first-order chi connectivity index (χ1) is 22.9. The molecule has 47 heavy (non-hydrogen) atoms. The number of carbonyl (C=O) groups excluding carboxylic acids is 1. The Balaban J connectivity index is 1.25. The maximum Gasteiger partial charge on any atom is 0.220 e. The van der Waals surface area contributed by atoms with E-state index in [0.29, 0.717) is 53.4 Å². The lowest BCUT2D eigenvalue weighted by Gasteiger charge is -2.15. The molecule has 5 aromatic rings. The second-order valence-electron chi connectivity index (χ2n) is 11.7. The molecule has 1 atom stereocenters. The van der Waals surface area contributed by atoms with Crippen molar-refractivity contribution in [3.8, 4) is 39.5 Å². The van der Waals surface area contributed by atoms with E-state index in [1.165, 1.54) is 10.9 Å². The molecular formula is C36H38Cl2N6O3. The van der Waals surface area contributed by atoms with Crippen LogP contribution in [0.4, 0.5) is 0 Å². The Labute approximate surface area is 284 Å². The predicted octanol–water partition coefficient (Wildman–Crippen LogP) is 6.39. The van der Waals surface area contributed by atoms with Crippen LogP contribution in [-0.2, 0) is 29.7 Å². The molecule has 0 bridgehead atoms. The minimum absolute atomic E-state index is 0.106. The summed E-state index contributed by atoms with van der Waals surface area (Å²) in [4.78, 5) is 21.0.